The van der Waals surface area contributed by atoms with Crippen LogP contribution in [0, 0.1) is 6.92 Å². The van der Waals surface area contributed by atoms with E-state index in [1.165, 1.54) is 11.1 Å². The molecule has 0 radical (unpaired) electrons. The molecule has 24 heavy (non-hydrogen) atoms. The van der Waals surface area contributed by atoms with E-state index in [2.05, 4.69) is 25.1 Å². The van der Waals surface area contributed by atoms with Crippen LogP contribution in [0.3, 0.4) is 0 Å². The van der Waals surface area contributed by atoms with Crippen LogP contribution >= 0.6 is 0 Å². The summed E-state index contributed by atoms with van der Waals surface area (Å²) in [6.07, 6.45) is 0.820. The van der Waals surface area contributed by atoms with Gasteiger partial charge in [0, 0.05) is 5.92 Å². The van der Waals surface area contributed by atoms with Crippen molar-refractivity contribution in [2.24, 2.45) is 5.73 Å². The van der Waals surface area contributed by atoms with E-state index in [4.69, 9.17) is 19.9 Å². The first-order chi connectivity index (χ1) is 11.6. The second-order valence-electron chi connectivity index (χ2n) is 5.80. The number of aryl methyl sites for hydroxylation is 1. The third kappa shape index (κ3) is 4.20. The van der Waals surface area contributed by atoms with Crippen molar-refractivity contribution in [2.45, 2.75) is 26.2 Å². The van der Waals surface area contributed by atoms with E-state index >= 15 is 0 Å². The maximum Gasteiger partial charge on any atom is 0.161 e. The van der Waals surface area contributed by atoms with Crippen molar-refractivity contribution >= 4 is 0 Å². The largest absolute Gasteiger partial charge is 0.496 e. The van der Waals surface area contributed by atoms with Crippen molar-refractivity contribution in [3.63, 3.8) is 0 Å². The molecule has 2 rings (SSSR count). The minimum atomic E-state index is 0.183. The third-order valence-corrected chi connectivity index (χ3v) is 4.12. The van der Waals surface area contributed by atoms with Gasteiger partial charge >= 0.3 is 0 Å². The smallest absolute Gasteiger partial charge is 0.161 e. The highest BCUT2D eigenvalue weighted by Crippen LogP contribution is 2.33. The first-order valence-electron chi connectivity index (χ1n) is 8.27. The molecule has 2 aromatic rings. The fourth-order valence-corrected chi connectivity index (χ4v) is 2.89. The molecule has 0 saturated heterocycles. The van der Waals surface area contributed by atoms with Crippen molar-refractivity contribution in [2.75, 3.05) is 27.4 Å². The molecule has 4 heteroatoms. The number of hydrogen-bond donors (Lipinski definition) is 1. The summed E-state index contributed by atoms with van der Waals surface area (Å²) in [5.41, 5.74) is 9.58. The quantitative estimate of drug-likeness (QED) is 0.802. The van der Waals surface area contributed by atoms with E-state index in [9.17, 15) is 0 Å². The third-order valence-electron chi connectivity index (χ3n) is 4.12. The minimum Gasteiger partial charge on any atom is -0.496 e. The summed E-state index contributed by atoms with van der Waals surface area (Å²) < 4.78 is 16.5. The lowest BCUT2D eigenvalue weighted by Gasteiger charge is -2.20. The Balaban J connectivity index is 2.30. The molecule has 0 aliphatic carbocycles. The van der Waals surface area contributed by atoms with Crippen LogP contribution in [0.5, 0.6) is 17.2 Å². The number of ether oxygens (including phenoxy) is 3. The minimum absolute atomic E-state index is 0.183. The number of benzene rings is 2. The van der Waals surface area contributed by atoms with Crippen LogP contribution in [0.4, 0.5) is 0 Å². The molecule has 0 aromatic heterocycles. The molecule has 2 N–H and O–H groups in total. The Morgan fingerprint density at radius 2 is 1.67 bits per heavy atom. The molecule has 0 aliphatic rings. The van der Waals surface area contributed by atoms with Crippen molar-refractivity contribution in [1.82, 2.24) is 0 Å². The predicted octanol–water partition coefficient (Wildman–Crippen LogP) is 3.70. The summed E-state index contributed by atoms with van der Waals surface area (Å²) in [5, 5.41) is 0. The van der Waals surface area contributed by atoms with Gasteiger partial charge in [0.05, 0.1) is 20.8 Å². The molecule has 0 bridgehead atoms. The standard InChI is InChI=1S/C20H27NO3/c1-5-24-20-12-15(7-9-19(20)23-4)11-16(13-21)17-10-14(2)6-8-18(17)22-3/h6-10,12,16H,5,11,13,21H2,1-4H3. The van der Waals surface area contributed by atoms with Gasteiger partial charge in [0.25, 0.3) is 0 Å². The summed E-state index contributed by atoms with van der Waals surface area (Å²) in [6.45, 7) is 5.20. The normalized spacial score (nSPS) is 11.9. The highest BCUT2D eigenvalue weighted by molar-refractivity contribution is 5.45. The van der Waals surface area contributed by atoms with Crippen molar-refractivity contribution in [1.29, 1.82) is 0 Å². The summed E-state index contributed by atoms with van der Waals surface area (Å²) in [7, 11) is 3.35. The Hall–Kier alpha value is -2.20. The number of rotatable bonds is 8. The molecule has 0 aliphatic heterocycles. The van der Waals surface area contributed by atoms with Gasteiger partial charge in [-0.3, -0.25) is 0 Å². The molecule has 0 heterocycles. The molecule has 1 atom stereocenters. The van der Waals surface area contributed by atoms with Crippen LogP contribution in [-0.4, -0.2) is 27.4 Å². The molecule has 0 amide bonds. The molecular formula is C20H27NO3. The summed E-state index contributed by atoms with van der Waals surface area (Å²) in [5.74, 6) is 2.58. The van der Waals surface area contributed by atoms with Crippen LogP contribution < -0.4 is 19.9 Å². The van der Waals surface area contributed by atoms with Gasteiger partial charge in [0.1, 0.15) is 5.75 Å². The Morgan fingerprint density at radius 1 is 0.958 bits per heavy atom. The van der Waals surface area contributed by atoms with E-state index in [1.807, 2.05) is 25.1 Å². The maximum absolute atomic E-state index is 6.07. The maximum atomic E-state index is 6.07. The zero-order valence-corrected chi connectivity index (χ0v) is 15.0. The van der Waals surface area contributed by atoms with Crippen LogP contribution in [-0.2, 0) is 6.42 Å². The molecule has 1 unspecified atom stereocenters. The van der Waals surface area contributed by atoms with E-state index in [0.717, 1.165) is 29.2 Å². The average molecular weight is 329 g/mol. The molecule has 0 saturated carbocycles. The van der Waals surface area contributed by atoms with E-state index < -0.39 is 0 Å². The van der Waals surface area contributed by atoms with Crippen LogP contribution in [0.15, 0.2) is 36.4 Å². The van der Waals surface area contributed by atoms with Crippen molar-refractivity contribution < 1.29 is 14.2 Å². The molecule has 4 nitrogen and oxygen atoms in total. The van der Waals surface area contributed by atoms with Gasteiger partial charge in [0.15, 0.2) is 11.5 Å². The topological polar surface area (TPSA) is 53.7 Å². The monoisotopic (exact) mass is 329 g/mol. The number of hydrogen-bond acceptors (Lipinski definition) is 4. The van der Waals surface area contributed by atoms with Crippen molar-refractivity contribution in [3.8, 4) is 17.2 Å². The van der Waals surface area contributed by atoms with Crippen LogP contribution in [0.1, 0.15) is 29.5 Å². The molecular weight excluding hydrogens is 302 g/mol. The first-order valence-corrected chi connectivity index (χ1v) is 8.27. The van der Waals surface area contributed by atoms with E-state index in [-0.39, 0.29) is 5.92 Å². The predicted molar refractivity (Wildman–Crippen MR) is 97.4 cm³/mol. The lowest BCUT2D eigenvalue weighted by molar-refractivity contribution is 0.310. The number of methoxy groups -OCH3 is 2. The second-order valence-corrected chi connectivity index (χ2v) is 5.80. The van der Waals surface area contributed by atoms with Gasteiger partial charge in [-0.25, -0.2) is 0 Å². The summed E-state index contributed by atoms with van der Waals surface area (Å²) >= 11 is 0. The van der Waals surface area contributed by atoms with Crippen LogP contribution in [0.2, 0.25) is 0 Å². The molecule has 130 valence electrons. The van der Waals surface area contributed by atoms with Gasteiger partial charge < -0.3 is 19.9 Å². The SMILES string of the molecule is CCOc1cc(CC(CN)c2cc(C)ccc2OC)ccc1OC. The fraction of sp³-hybridized carbons (Fsp3) is 0.400. The van der Waals surface area contributed by atoms with Gasteiger partial charge in [-0.05, 0) is 56.1 Å². The lowest BCUT2D eigenvalue weighted by atomic mass is 9.90. The lowest BCUT2D eigenvalue weighted by Crippen LogP contribution is -2.16. The van der Waals surface area contributed by atoms with Crippen LogP contribution in [0.25, 0.3) is 0 Å². The fourth-order valence-electron chi connectivity index (χ4n) is 2.89. The van der Waals surface area contributed by atoms with Gasteiger partial charge in [-0.15, -0.1) is 0 Å². The van der Waals surface area contributed by atoms with E-state index in [1.54, 1.807) is 14.2 Å². The summed E-state index contributed by atoms with van der Waals surface area (Å²) in [4.78, 5) is 0. The number of nitrogens with two attached hydrogens (primary N) is 1. The Kier molecular flexibility index (Phi) is 6.50. The zero-order chi connectivity index (χ0) is 17.5. The Labute approximate surface area is 144 Å². The highest BCUT2D eigenvalue weighted by Gasteiger charge is 2.17. The molecule has 0 fully saturated rings. The first kappa shape index (κ1) is 18.1. The summed E-state index contributed by atoms with van der Waals surface area (Å²) in [6, 6.07) is 12.3. The van der Waals surface area contributed by atoms with Gasteiger partial charge in [-0.2, -0.15) is 0 Å². The zero-order valence-electron chi connectivity index (χ0n) is 15.0. The van der Waals surface area contributed by atoms with E-state index in [0.29, 0.717) is 13.2 Å². The highest BCUT2D eigenvalue weighted by atomic mass is 16.5. The second kappa shape index (κ2) is 8.60. The van der Waals surface area contributed by atoms with Gasteiger partial charge in [-0.1, -0.05) is 23.8 Å². The van der Waals surface area contributed by atoms with Gasteiger partial charge in [0.2, 0.25) is 0 Å². The molecule has 2 aromatic carbocycles. The average Bonchev–Trinajstić information content (AvgIpc) is 2.60. The Bertz CT molecular complexity index is 670. The van der Waals surface area contributed by atoms with Crippen molar-refractivity contribution in [3.05, 3.63) is 53.1 Å². The molecule has 0 spiro atoms. The Morgan fingerprint density at radius 3 is 2.29 bits per heavy atom.